The van der Waals surface area contributed by atoms with Crippen molar-refractivity contribution in [1.29, 1.82) is 0 Å². The molecule has 0 aliphatic carbocycles. The maximum Gasteiger partial charge on any atom is 0.205 e. The van der Waals surface area contributed by atoms with E-state index in [1.165, 1.54) is 6.07 Å². The molecule has 0 aliphatic rings. The molecule has 2 N–H and O–H groups in total. The van der Waals surface area contributed by atoms with Gasteiger partial charge in [0.15, 0.2) is 0 Å². The Morgan fingerprint density at radius 1 is 1.40 bits per heavy atom. The molecule has 1 aromatic carbocycles. The van der Waals surface area contributed by atoms with E-state index < -0.39 is 26.5 Å². The van der Waals surface area contributed by atoms with E-state index in [4.69, 9.17) is 5.11 Å². The number of rotatable bonds is 2. The molecule has 80 valence electrons. The third kappa shape index (κ3) is 1.62. The number of nitrogens with one attached hydrogen (secondary N) is 1. The fourth-order valence-electron chi connectivity index (χ4n) is 1.36. The van der Waals surface area contributed by atoms with Gasteiger partial charge in [0, 0.05) is 17.1 Å². The molecule has 0 fully saturated rings. The molecule has 1 heterocycles. The Labute approximate surface area is 85.3 Å². The van der Waals surface area contributed by atoms with Crippen LogP contribution in [0.5, 0.6) is 0 Å². The number of aliphatic hydroxyl groups excluding tert-OH is 1. The van der Waals surface area contributed by atoms with Gasteiger partial charge in [-0.05, 0) is 18.2 Å². The summed E-state index contributed by atoms with van der Waals surface area (Å²) >= 11 is 0. The van der Waals surface area contributed by atoms with E-state index in [0.29, 0.717) is 10.9 Å². The zero-order valence-corrected chi connectivity index (χ0v) is 8.38. The lowest BCUT2D eigenvalue weighted by atomic mass is 10.2. The van der Waals surface area contributed by atoms with Gasteiger partial charge in [-0.1, -0.05) is 0 Å². The first-order chi connectivity index (χ1) is 7.04. The Morgan fingerprint density at radius 2 is 2.13 bits per heavy atom. The fraction of sp³-hybridized carbons (Fsp3) is 0.111. The van der Waals surface area contributed by atoms with E-state index >= 15 is 0 Å². The van der Waals surface area contributed by atoms with E-state index in [1.54, 1.807) is 12.3 Å². The maximum atomic E-state index is 13.4. The number of hydrogen-bond acceptors (Lipinski definition) is 3. The van der Waals surface area contributed by atoms with Gasteiger partial charge in [0.05, 0.1) is 0 Å². The summed E-state index contributed by atoms with van der Waals surface area (Å²) in [4.78, 5) is 2.28. The molecule has 2 rings (SSSR count). The maximum absolute atomic E-state index is 13.4. The van der Waals surface area contributed by atoms with Crippen LogP contribution in [0.3, 0.4) is 0 Å². The topological polar surface area (TPSA) is 70.2 Å². The first-order valence-corrected chi connectivity index (χ1v) is 5.80. The van der Waals surface area contributed by atoms with Crippen LogP contribution in [0.2, 0.25) is 0 Å². The molecule has 2 aromatic rings. The van der Waals surface area contributed by atoms with Crippen LogP contribution in [0.1, 0.15) is 0 Å². The van der Waals surface area contributed by atoms with Crippen molar-refractivity contribution in [1.82, 2.24) is 4.98 Å². The number of sulfone groups is 1. The number of aliphatic hydroxyl groups is 1. The van der Waals surface area contributed by atoms with Crippen molar-refractivity contribution >= 4 is 20.7 Å². The molecule has 6 heteroatoms. The SMILES string of the molecule is O=S(=O)(CO)c1cc2[nH]ccc2cc1F. The number of hydrogen-bond donors (Lipinski definition) is 2. The van der Waals surface area contributed by atoms with Gasteiger partial charge in [-0.25, -0.2) is 12.8 Å². The summed E-state index contributed by atoms with van der Waals surface area (Å²) in [6, 6.07) is 3.93. The first-order valence-electron chi connectivity index (χ1n) is 4.15. The minimum atomic E-state index is -3.94. The number of benzene rings is 1. The normalized spacial score (nSPS) is 12.1. The zero-order valence-electron chi connectivity index (χ0n) is 7.57. The molecule has 0 saturated carbocycles. The second-order valence-electron chi connectivity index (χ2n) is 3.09. The quantitative estimate of drug-likeness (QED) is 0.808. The van der Waals surface area contributed by atoms with Crippen molar-refractivity contribution in [3.8, 4) is 0 Å². The summed E-state index contributed by atoms with van der Waals surface area (Å²) in [7, 11) is -3.94. The highest BCUT2D eigenvalue weighted by atomic mass is 32.2. The lowest BCUT2D eigenvalue weighted by molar-refractivity contribution is 0.357. The Balaban J connectivity index is 2.76. The van der Waals surface area contributed by atoms with E-state index in [9.17, 15) is 12.8 Å². The molecule has 0 bridgehead atoms. The smallest absolute Gasteiger partial charge is 0.205 e. The van der Waals surface area contributed by atoms with Crippen molar-refractivity contribution in [2.24, 2.45) is 0 Å². The van der Waals surface area contributed by atoms with Crippen LogP contribution in [0, 0.1) is 5.82 Å². The summed E-state index contributed by atoms with van der Waals surface area (Å²) in [6.45, 7) is 0. The molecule has 0 radical (unpaired) electrons. The summed E-state index contributed by atoms with van der Waals surface area (Å²) in [5.74, 6) is -1.95. The van der Waals surface area contributed by atoms with Crippen LogP contribution in [0.15, 0.2) is 29.3 Å². The molecule has 0 amide bonds. The summed E-state index contributed by atoms with van der Waals surface area (Å²) in [5.41, 5.74) is 0.517. The zero-order chi connectivity index (χ0) is 11.1. The fourth-order valence-corrected chi connectivity index (χ4v) is 2.15. The molecule has 0 aliphatic heterocycles. The molecule has 0 atom stereocenters. The standard InChI is InChI=1S/C9H8FNO3S/c10-7-3-6-1-2-11-8(6)4-9(7)15(13,14)5-12/h1-4,11-12H,5H2. The van der Waals surface area contributed by atoms with Gasteiger partial charge < -0.3 is 10.1 Å². The Bertz CT molecular complexity index is 603. The average Bonchev–Trinajstić information content (AvgIpc) is 2.63. The molecule has 0 saturated heterocycles. The van der Waals surface area contributed by atoms with Gasteiger partial charge in [0.25, 0.3) is 0 Å². The van der Waals surface area contributed by atoms with Gasteiger partial charge in [-0.2, -0.15) is 0 Å². The lowest BCUT2D eigenvalue weighted by Gasteiger charge is -2.02. The average molecular weight is 229 g/mol. The van der Waals surface area contributed by atoms with Gasteiger partial charge in [0.1, 0.15) is 16.7 Å². The van der Waals surface area contributed by atoms with Gasteiger partial charge in [0.2, 0.25) is 9.84 Å². The van der Waals surface area contributed by atoms with Crippen molar-refractivity contribution in [3.63, 3.8) is 0 Å². The van der Waals surface area contributed by atoms with Crippen molar-refractivity contribution in [2.75, 3.05) is 5.94 Å². The number of H-pyrrole nitrogens is 1. The first kappa shape index (κ1) is 10.1. The third-order valence-corrected chi connectivity index (χ3v) is 3.43. The van der Waals surface area contributed by atoms with Gasteiger partial charge in [-0.3, -0.25) is 0 Å². The van der Waals surface area contributed by atoms with Crippen LogP contribution >= 0.6 is 0 Å². The van der Waals surface area contributed by atoms with Crippen molar-refractivity contribution in [2.45, 2.75) is 4.90 Å². The Kier molecular flexibility index (Phi) is 2.24. The second kappa shape index (κ2) is 3.32. The number of halogens is 1. The van der Waals surface area contributed by atoms with Crippen LogP contribution in [-0.2, 0) is 9.84 Å². The predicted molar refractivity (Wildman–Crippen MR) is 52.5 cm³/mol. The van der Waals surface area contributed by atoms with Crippen molar-refractivity contribution in [3.05, 3.63) is 30.2 Å². The molecule has 0 spiro atoms. The third-order valence-electron chi connectivity index (χ3n) is 2.11. The van der Waals surface area contributed by atoms with E-state index in [2.05, 4.69) is 4.98 Å². The van der Waals surface area contributed by atoms with Crippen molar-refractivity contribution < 1.29 is 17.9 Å². The highest BCUT2D eigenvalue weighted by Crippen LogP contribution is 2.22. The predicted octanol–water partition coefficient (Wildman–Crippen LogP) is 1.03. The molecule has 4 nitrogen and oxygen atoms in total. The largest absolute Gasteiger partial charge is 0.380 e. The minimum absolute atomic E-state index is 0.486. The summed E-state index contributed by atoms with van der Waals surface area (Å²) < 4.78 is 35.9. The van der Waals surface area contributed by atoms with Crippen LogP contribution in [0.25, 0.3) is 10.9 Å². The van der Waals surface area contributed by atoms with E-state index in [0.717, 1.165) is 6.07 Å². The van der Waals surface area contributed by atoms with Gasteiger partial charge in [-0.15, -0.1) is 0 Å². The molecular formula is C9H8FNO3S. The number of fused-ring (bicyclic) bond motifs is 1. The molecule has 0 unspecified atom stereocenters. The molecule has 15 heavy (non-hydrogen) atoms. The summed E-state index contributed by atoms with van der Waals surface area (Å²) in [6.07, 6.45) is 1.58. The molecular weight excluding hydrogens is 221 g/mol. The van der Waals surface area contributed by atoms with Gasteiger partial charge >= 0.3 is 0 Å². The lowest BCUT2D eigenvalue weighted by Crippen LogP contribution is -2.08. The highest BCUT2D eigenvalue weighted by molar-refractivity contribution is 7.91. The monoisotopic (exact) mass is 229 g/mol. The summed E-state index contributed by atoms with van der Waals surface area (Å²) in [5, 5.41) is 9.22. The van der Waals surface area contributed by atoms with E-state index in [-0.39, 0.29) is 0 Å². The number of aromatic nitrogens is 1. The minimum Gasteiger partial charge on any atom is -0.380 e. The number of aromatic amines is 1. The van der Waals surface area contributed by atoms with Crippen LogP contribution < -0.4 is 0 Å². The van der Waals surface area contributed by atoms with Crippen LogP contribution in [-0.4, -0.2) is 24.4 Å². The van der Waals surface area contributed by atoms with Crippen LogP contribution in [0.4, 0.5) is 4.39 Å². The van der Waals surface area contributed by atoms with E-state index in [1.807, 2.05) is 0 Å². The highest BCUT2D eigenvalue weighted by Gasteiger charge is 2.18. The molecule has 1 aromatic heterocycles. The Hall–Kier alpha value is -1.40. The second-order valence-corrected chi connectivity index (χ2v) is 5.02. The Morgan fingerprint density at radius 3 is 2.80 bits per heavy atom.